The van der Waals surface area contributed by atoms with E-state index in [2.05, 4.69) is 10.3 Å². The van der Waals surface area contributed by atoms with Crippen molar-refractivity contribution in [1.82, 2.24) is 4.98 Å². The topological polar surface area (TPSA) is 99.9 Å². The summed E-state index contributed by atoms with van der Waals surface area (Å²) in [7, 11) is -3.64. The van der Waals surface area contributed by atoms with Crippen LogP contribution in [0.5, 0.6) is 0 Å². The largest absolute Gasteiger partial charge is 0.325 e. The van der Waals surface area contributed by atoms with E-state index in [4.69, 9.17) is 5.26 Å². The van der Waals surface area contributed by atoms with Gasteiger partial charge < -0.3 is 5.32 Å². The first-order valence-electron chi connectivity index (χ1n) is 7.80. The van der Waals surface area contributed by atoms with Gasteiger partial charge >= 0.3 is 0 Å². The van der Waals surface area contributed by atoms with Gasteiger partial charge in [0, 0.05) is 11.6 Å². The highest BCUT2D eigenvalue weighted by Crippen LogP contribution is 2.21. The molecule has 0 aliphatic carbocycles. The summed E-state index contributed by atoms with van der Waals surface area (Å²) in [5.74, 6) is -1.48. The van der Waals surface area contributed by atoms with Crippen LogP contribution in [0.15, 0.2) is 60.8 Å². The molecule has 1 amide bonds. The minimum Gasteiger partial charge on any atom is -0.325 e. The molecule has 0 atom stereocenters. The molecule has 0 aliphatic rings. The summed E-state index contributed by atoms with van der Waals surface area (Å²) < 4.78 is 24.6. The maximum absolute atomic E-state index is 12.3. The van der Waals surface area contributed by atoms with E-state index in [1.54, 1.807) is 48.7 Å². The van der Waals surface area contributed by atoms with E-state index >= 15 is 0 Å². The third-order valence-electron chi connectivity index (χ3n) is 3.74. The number of carbonyl (C=O) groups excluding carboxylic acids is 1. The first-order chi connectivity index (χ1) is 12.5. The van der Waals surface area contributed by atoms with Crippen LogP contribution in [0.25, 0.3) is 10.9 Å². The number of nitriles is 1. The standard InChI is InChI=1S/C19H15N3O3S/c20-11-14-6-8-15(9-7-14)12-26(24,25)13-19(23)22-18-5-1-4-17-16(18)3-2-10-21-17/h1-10H,12-13H2,(H,22,23). The van der Waals surface area contributed by atoms with Gasteiger partial charge in [-0.05, 0) is 42.0 Å². The molecule has 3 rings (SSSR count). The quantitative estimate of drug-likeness (QED) is 0.749. The predicted molar refractivity (Wildman–Crippen MR) is 99.0 cm³/mol. The van der Waals surface area contributed by atoms with Gasteiger partial charge in [0.25, 0.3) is 0 Å². The molecule has 1 heterocycles. The van der Waals surface area contributed by atoms with Gasteiger partial charge in [-0.1, -0.05) is 18.2 Å². The zero-order chi connectivity index (χ0) is 18.6. The molecular formula is C19H15N3O3S. The van der Waals surface area contributed by atoms with Gasteiger partial charge in [-0.15, -0.1) is 0 Å². The maximum atomic E-state index is 12.3. The van der Waals surface area contributed by atoms with Crippen molar-refractivity contribution in [3.05, 3.63) is 71.9 Å². The monoisotopic (exact) mass is 365 g/mol. The van der Waals surface area contributed by atoms with Crippen LogP contribution >= 0.6 is 0 Å². The summed E-state index contributed by atoms with van der Waals surface area (Å²) in [5.41, 5.74) is 2.22. The van der Waals surface area contributed by atoms with Crippen molar-refractivity contribution in [3.63, 3.8) is 0 Å². The number of carbonyl (C=O) groups is 1. The van der Waals surface area contributed by atoms with Gasteiger partial charge in [0.15, 0.2) is 9.84 Å². The zero-order valence-corrected chi connectivity index (χ0v) is 14.5. The molecule has 0 radical (unpaired) electrons. The highest BCUT2D eigenvalue weighted by atomic mass is 32.2. The number of aromatic nitrogens is 1. The molecule has 130 valence electrons. The molecule has 0 saturated carbocycles. The van der Waals surface area contributed by atoms with Gasteiger partial charge in [0.1, 0.15) is 5.75 Å². The number of hydrogen-bond acceptors (Lipinski definition) is 5. The van der Waals surface area contributed by atoms with E-state index < -0.39 is 21.5 Å². The molecule has 26 heavy (non-hydrogen) atoms. The van der Waals surface area contributed by atoms with E-state index in [0.717, 1.165) is 5.39 Å². The molecular weight excluding hydrogens is 350 g/mol. The summed E-state index contributed by atoms with van der Waals surface area (Å²) in [6.45, 7) is 0. The van der Waals surface area contributed by atoms with Crippen molar-refractivity contribution < 1.29 is 13.2 Å². The summed E-state index contributed by atoms with van der Waals surface area (Å²) in [5, 5.41) is 12.2. The van der Waals surface area contributed by atoms with Crippen molar-refractivity contribution in [2.45, 2.75) is 5.75 Å². The van der Waals surface area contributed by atoms with Crippen molar-refractivity contribution in [2.24, 2.45) is 0 Å². The van der Waals surface area contributed by atoms with E-state index in [9.17, 15) is 13.2 Å². The fourth-order valence-electron chi connectivity index (χ4n) is 2.58. The Hall–Kier alpha value is -3.24. The van der Waals surface area contributed by atoms with Crippen LogP contribution in [0.4, 0.5) is 5.69 Å². The number of fused-ring (bicyclic) bond motifs is 1. The normalized spacial score (nSPS) is 11.0. The van der Waals surface area contributed by atoms with Gasteiger partial charge in [0.05, 0.1) is 28.6 Å². The molecule has 0 fully saturated rings. The van der Waals surface area contributed by atoms with Crippen molar-refractivity contribution in [1.29, 1.82) is 5.26 Å². The highest BCUT2D eigenvalue weighted by Gasteiger charge is 2.18. The SMILES string of the molecule is N#Cc1ccc(CS(=O)(=O)CC(=O)Nc2cccc3ncccc23)cc1. The number of pyridine rings is 1. The number of amides is 1. The Morgan fingerprint density at radius 3 is 2.58 bits per heavy atom. The number of nitrogens with zero attached hydrogens (tertiary/aromatic N) is 2. The Labute approximate surface area is 151 Å². The van der Waals surface area contributed by atoms with Crippen molar-refractivity contribution in [2.75, 3.05) is 11.1 Å². The van der Waals surface area contributed by atoms with Crippen LogP contribution in [0, 0.1) is 11.3 Å². The minimum absolute atomic E-state index is 0.261. The molecule has 1 N–H and O–H groups in total. The Morgan fingerprint density at radius 1 is 1.08 bits per heavy atom. The lowest BCUT2D eigenvalue weighted by molar-refractivity contribution is -0.113. The molecule has 2 aromatic carbocycles. The number of hydrogen-bond donors (Lipinski definition) is 1. The van der Waals surface area contributed by atoms with E-state index in [-0.39, 0.29) is 5.75 Å². The van der Waals surface area contributed by atoms with E-state index in [1.807, 2.05) is 18.2 Å². The fraction of sp³-hybridized carbons (Fsp3) is 0.105. The molecule has 6 nitrogen and oxygen atoms in total. The molecule has 0 aliphatic heterocycles. The molecule has 0 unspecified atom stereocenters. The average molecular weight is 365 g/mol. The van der Waals surface area contributed by atoms with Crippen LogP contribution < -0.4 is 5.32 Å². The fourth-order valence-corrected chi connectivity index (χ4v) is 3.85. The smallest absolute Gasteiger partial charge is 0.239 e. The Morgan fingerprint density at radius 2 is 1.85 bits per heavy atom. The Balaban J connectivity index is 1.71. The molecule has 7 heteroatoms. The maximum Gasteiger partial charge on any atom is 0.239 e. The van der Waals surface area contributed by atoms with Gasteiger partial charge in [-0.25, -0.2) is 8.42 Å². The second-order valence-electron chi connectivity index (χ2n) is 5.76. The second kappa shape index (κ2) is 7.33. The molecule has 1 aromatic heterocycles. The lowest BCUT2D eigenvalue weighted by Crippen LogP contribution is -2.24. The third kappa shape index (κ3) is 4.23. The summed E-state index contributed by atoms with van der Waals surface area (Å²) in [6, 6.07) is 17.0. The first kappa shape index (κ1) is 17.6. The zero-order valence-electron chi connectivity index (χ0n) is 13.7. The van der Waals surface area contributed by atoms with Crippen LogP contribution in [0.3, 0.4) is 0 Å². The first-order valence-corrected chi connectivity index (χ1v) is 9.62. The van der Waals surface area contributed by atoms with Crippen LogP contribution in [-0.2, 0) is 20.4 Å². The average Bonchev–Trinajstić information content (AvgIpc) is 2.62. The summed E-state index contributed by atoms with van der Waals surface area (Å²) in [4.78, 5) is 16.4. The molecule has 0 bridgehead atoms. The molecule has 0 saturated heterocycles. The van der Waals surface area contributed by atoms with Crippen molar-refractivity contribution >= 4 is 32.3 Å². The summed E-state index contributed by atoms with van der Waals surface area (Å²) >= 11 is 0. The number of anilines is 1. The van der Waals surface area contributed by atoms with Gasteiger partial charge in [-0.3, -0.25) is 9.78 Å². The number of sulfone groups is 1. The van der Waals surface area contributed by atoms with Gasteiger partial charge in [0.2, 0.25) is 5.91 Å². The van der Waals surface area contributed by atoms with Crippen LogP contribution in [0.2, 0.25) is 0 Å². The van der Waals surface area contributed by atoms with Crippen LogP contribution in [-0.4, -0.2) is 25.1 Å². The predicted octanol–water partition coefficient (Wildman–Crippen LogP) is 2.66. The Bertz CT molecular complexity index is 1100. The van der Waals surface area contributed by atoms with Crippen molar-refractivity contribution in [3.8, 4) is 6.07 Å². The lowest BCUT2D eigenvalue weighted by Gasteiger charge is -2.09. The lowest BCUT2D eigenvalue weighted by atomic mass is 10.2. The molecule has 0 spiro atoms. The molecule has 3 aromatic rings. The van der Waals surface area contributed by atoms with E-state index in [0.29, 0.717) is 22.3 Å². The van der Waals surface area contributed by atoms with Gasteiger partial charge in [-0.2, -0.15) is 5.26 Å². The second-order valence-corrected chi connectivity index (χ2v) is 7.83. The number of rotatable bonds is 5. The minimum atomic E-state index is -3.64. The highest BCUT2D eigenvalue weighted by molar-refractivity contribution is 7.91. The number of benzene rings is 2. The Kier molecular flexibility index (Phi) is 4.96. The number of nitrogens with one attached hydrogen (secondary N) is 1. The van der Waals surface area contributed by atoms with E-state index in [1.165, 1.54) is 0 Å². The summed E-state index contributed by atoms with van der Waals surface area (Å²) in [6.07, 6.45) is 1.65. The third-order valence-corrected chi connectivity index (χ3v) is 5.22. The van der Waals surface area contributed by atoms with Crippen LogP contribution in [0.1, 0.15) is 11.1 Å².